The first-order valence-corrected chi connectivity index (χ1v) is 6.00. The van der Waals surface area contributed by atoms with Crippen LogP contribution in [0.1, 0.15) is 18.2 Å². The summed E-state index contributed by atoms with van der Waals surface area (Å²) in [6.45, 7) is 2.47. The van der Waals surface area contributed by atoms with Gasteiger partial charge >= 0.3 is 0 Å². The summed E-state index contributed by atoms with van der Waals surface area (Å²) in [6, 6.07) is 4.24. The third-order valence-electron chi connectivity index (χ3n) is 1.63. The Labute approximate surface area is 81.8 Å². The highest BCUT2D eigenvalue weighted by Crippen LogP contribution is 2.22. The number of thiophene rings is 1. The number of aliphatic hydroxyl groups excluding tert-OH is 1. The molecule has 1 atom stereocenters. The maximum absolute atomic E-state index is 8.68. The molecule has 68 valence electrons. The summed E-state index contributed by atoms with van der Waals surface area (Å²) in [5.41, 5.74) is 0. The Hall–Kier alpha value is 0.01000. The fraction of sp³-hybridized carbons (Fsp3) is 0.556. The third kappa shape index (κ3) is 3.61. The molecular weight excluding hydrogens is 188 g/mol. The molecule has 3 heteroatoms. The zero-order chi connectivity index (χ0) is 8.81. The lowest BCUT2D eigenvalue weighted by atomic mass is 10.3. The van der Waals surface area contributed by atoms with E-state index in [2.05, 4.69) is 24.4 Å². The number of rotatable bonds is 5. The molecule has 0 aliphatic carbocycles. The molecule has 1 heterocycles. The van der Waals surface area contributed by atoms with Crippen molar-refractivity contribution in [2.24, 2.45) is 0 Å². The molecule has 0 aliphatic rings. The molecule has 0 radical (unpaired) electrons. The smallest absolute Gasteiger partial charge is 0.0441 e. The van der Waals surface area contributed by atoms with E-state index < -0.39 is 0 Å². The molecule has 1 aromatic heterocycles. The van der Waals surface area contributed by atoms with E-state index in [1.807, 2.05) is 11.8 Å². The van der Waals surface area contributed by atoms with Gasteiger partial charge in [0.1, 0.15) is 0 Å². The van der Waals surface area contributed by atoms with Crippen molar-refractivity contribution in [1.29, 1.82) is 0 Å². The van der Waals surface area contributed by atoms with Crippen LogP contribution in [0.4, 0.5) is 0 Å². The van der Waals surface area contributed by atoms with Gasteiger partial charge in [0, 0.05) is 22.5 Å². The first-order chi connectivity index (χ1) is 5.83. The van der Waals surface area contributed by atoms with Crippen LogP contribution in [-0.4, -0.2) is 17.0 Å². The molecule has 1 unspecified atom stereocenters. The summed E-state index contributed by atoms with van der Waals surface area (Å²) in [5, 5.41) is 11.4. The van der Waals surface area contributed by atoms with Crippen molar-refractivity contribution in [3.63, 3.8) is 0 Å². The van der Waals surface area contributed by atoms with Crippen LogP contribution < -0.4 is 0 Å². The van der Waals surface area contributed by atoms with Gasteiger partial charge < -0.3 is 5.11 Å². The van der Waals surface area contributed by atoms with Gasteiger partial charge in [-0.25, -0.2) is 0 Å². The number of hydrogen-bond donors (Lipinski definition) is 1. The van der Waals surface area contributed by atoms with E-state index in [9.17, 15) is 0 Å². The summed E-state index contributed by atoms with van der Waals surface area (Å²) < 4.78 is 0. The molecule has 1 N–H and O–H groups in total. The topological polar surface area (TPSA) is 20.2 Å². The standard InChI is InChI=1S/C9H14OS2/c1-8(4-5-10)12-7-9-3-2-6-11-9/h2-3,6,8,10H,4-5,7H2,1H3. The molecule has 12 heavy (non-hydrogen) atoms. The second-order valence-electron chi connectivity index (χ2n) is 2.71. The van der Waals surface area contributed by atoms with Crippen molar-refractivity contribution in [2.75, 3.05) is 6.61 Å². The highest BCUT2D eigenvalue weighted by atomic mass is 32.2. The highest BCUT2D eigenvalue weighted by Gasteiger charge is 2.02. The van der Waals surface area contributed by atoms with E-state index in [0.717, 1.165) is 12.2 Å². The quantitative estimate of drug-likeness (QED) is 0.792. The minimum Gasteiger partial charge on any atom is -0.396 e. The van der Waals surface area contributed by atoms with Crippen LogP contribution in [0.15, 0.2) is 17.5 Å². The summed E-state index contributed by atoms with van der Waals surface area (Å²) >= 11 is 3.71. The van der Waals surface area contributed by atoms with Gasteiger partial charge in [-0.15, -0.1) is 11.3 Å². The molecule has 0 bridgehead atoms. The molecule has 0 aliphatic heterocycles. The van der Waals surface area contributed by atoms with Crippen molar-refractivity contribution >= 4 is 23.1 Å². The molecule has 0 spiro atoms. The van der Waals surface area contributed by atoms with Crippen molar-refractivity contribution in [3.8, 4) is 0 Å². The Morgan fingerprint density at radius 3 is 3.08 bits per heavy atom. The Morgan fingerprint density at radius 1 is 1.67 bits per heavy atom. The monoisotopic (exact) mass is 202 g/mol. The second-order valence-corrected chi connectivity index (χ2v) is 5.17. The van der Waals surface area contributed by atoms with Crippen molar-refractivity contribution < 1.29 is 5.11 Å². The van der Waals surface area contributed by atoms with Crippen LogP contribution in [0, 0.1) is 0 Å². The number of thioether (sulfide) groups is 1. The van der Waals surface area contributed by atoms with Gasteiger partial charge in [0.15, 0.2) is 0 Å². The average molecular weight is 202 g/mol. The first-order valence-electron chi connectivity index (χ1n) is 4.07. The summed E-state index contributed by atoms with van der Waals surface area (Å²) in [4.78, 5) is 1.42. The lowest BCUT2D eigenvalue weighted by Crippen LogP contribution is -1.99. The third-order valence-corrected chi connectivity index (χ3v) is 3.97. The van der Waals surface area contributed by atoms with E-state index in [1.54, 1.807) is 11.3 Å². The van der Waals surface area contributed by atoms with Crippen molar-refractivity contribution in [2.45, 2.75) is 24.3 Å². The summed E-state index contributed by atoms with van der Waals surface area (Å²) in [5.74, 6) is 1.08. The van der Waals surface area contributed by atoms with E-state index >= 15 is 0 Å². The van der Waals surface area contributed by atoms with E-state index in [4.69, 9.17) is 5.11 Å². The predicted molar refractivity (Wildman–Crippen MR) is 56.8 cm³/mol. The Balaban J connectivity index is 2.17. The lowest BCUT2D eigenvalue weighted by molar-refractivity contribution is 0.289. The van der Waals surface area contributed by atoms with Crippen LogP contribution in [0.25, 0.3) is 0 Å². The van der Waals surface area contributed by atoms with Crippen LogP contribution in [0.5, 0.6) is 0 Å². The maximum atomic E-state index is 8.68. The number of hydrogen-bond acceptors (Lipinski definition) is 3. The molecule has 0 aromatic carbocycles. The largest absolute Gasteiger partial charge is 0.396 e. The molecule has 0 fully saturated rings. The van der Waals surface area contributed by atoms with E-state index in [1.165, 1.54) is 4.88 Å². The van der Waals surface area contributed by atoms with Crippen molar-refractivity contribution in [3.05, 3.63) is 22.4 Å². The average Bonchev–Trinajstić information content (AvgIpc) is 2.53. The first kappa shape index (κ1) is 10.1. The van der Waals surface area contributed by atoms with Gasteiger partial charge in [0.25, 0.3) is 0 Å². The molecule has 1 rings (SSSR count). The Morgan fingerprint density at radius 2 is 2.50 bits per heavy atom. The van der Waals surface area contributed by atoms with Gasteiger partial charge in [-0.05, 0) is 17.9 Å². The van der Waals surface area contributed by atoms with Crippen LogP contribution in [-0.2, 0) is 5.75 Å². The van der Waals surface area contributed by atoms with Crippen molar-refractivity contribution in [1.82, 2.24) is 0 Å². The van der Waals surface area contributed by atoms with E-state index in [0.29, 0.717) is 11.9 Å². The second kappa shape index (κ2) is 5.62. The summed E-state index contributed by atoms with van der Waals surface area (Å²) in [6.07, 6.45) is 0.899. The zero-order valence-corrected chi connectivity index (χ0v) is 8.83. The SMILES string of the molecule is CC(CCO)SCc1cccs1. The van der Waals surface area contributed by atoms with E-state index in [-0.39, 0.29) is 0 Å². The molecule has 1 aromatic rings. The number of aliphatic hydroxyl groups is 1. The Bertz CT molecular complexity index is 196. The molecule has 0 amide bonds. The lowest BCUT2D eigenvalue weighted by Gasteiger charge is -2.07. The van der Waals surface area contributed by atoms with Crippen LogP contribution in [0.3, 0.4) is 0 Å². The minimum atomic E-state index is 0.304. The summed E-state index contributed by atoms with van der Waals surface area (Å²) in [7, 11) is 0. The molecular formula is C9H14OS2. The fourth-order valence-corrected chi connectivity index (χ4v) is 2.67. The van der Waals surface area contributed by atoms with Crippen LogP contribution >= 0.6 is 23.1 Å². The predicted octanol–water partition coefficient (Wildman–Crippen LogP) is 2.75. The van der Waals surface area contributed by atoms with Gasteiger partial charge in [-0.2, -0.15) is 11.8 Å². The van der Waals surface area contributed by atoms with Crippen LogP contribution in [0.2, 0.25) is 0 Å². The fourth-order valence-electron chi connectivity index (χ4n) is 0.884. The minimum absolute atomic E-state index is 0.304. The van der Waals surface area contributed by atoms with Gasteiger partial charge in [0.05, 0.1) is 0 Å². The normalized spacial score (nSPS) is 13.2. The Kier molecular flexibility index (Phi) is 4.73. The highest BCUT2D eigenvalue weighted by molar-refractivity contribution is 7.99. The molecule has 0 saturated carbocycles. The molecule has 0 saturated heterocycles. The van der Waals surface area contributed by atoms with Gasteiger partial charge in [-0.3, -0.25) is 0 Å². The maximum Gasteiger partial charge on any atom is 0.0441 e. The molecule has 1 nitrogen and oxygen atoms in total. The van der Waals surface area contributed by atoms with Gasteiger partial charge in [-0.1, -0.05) is 13.0 Å². The van der Waals surface area contributed by atoms with Gasteiger partial charge in [0.2, 0.25) is 0 Å². The zero-order valence-electron chi connectivity index (χ0n) is 7.19.